The Morgan fingerprint density at radius 2 is 1.85 bits per heavy atom. The van der Waals surface area contributed by atoms with Gasteiger partial charge in [-0.1, -0.05) is 31.4 Å². The van der Waals surface area contributed by atoms with Gasteiger partial charge in [-0.25, -0.2) is 4.98 Å². The normalized spacial score (nSPS) is 17.3. The number of likely N-dealkylation sites (tertiary alicyclic amines) is 1. The first-order valence-electron chi connectivity index (χ1n) is 12.0. The molecule has 0 atom stereocenters. The van der Waals surface area contributed by atoms with E-state index in [4.69, 9.17) is 4.74 Å². The van der Waals surface area contributed by atoms with Gasteiger partial charge in [0.2, 0.25) is 11.8 Å². The monoisotopic (exact) mass is 484 g/mol. The zero-order valence-electron chi connectivity index (χ0n) is 19.5. The third-order valence-corrected chi connectivity index (χ3v) is 7.69. The Labute approximate surface area is 204 Å². The van der Waals surface area contributed by atoms with Crippen LogP contribution in [0, 0.1) is 5.92 Å². The van der Waals surface area contributed by atoms with Crippen LogP contribution in [0.1, 0.15) is 71.9 Å². The highest BCUT2D eigenvalue weighted by molar-refractivity contribution is 7.09. The van der Waals surface area contributed by atoms with Crippen LogP contribution in [-0.2, 0) is 16.0 Å². The highest BCUT2D eigenvalue weighted by Gasteiger charge is 2.30. The molecule has 2 N–H and O–H groups in total. The van der Waals surface area contributed by atoms with Crippen LogP contribution in [-0.4, -0.2) is 47.8 Å². The van der Waals surface area contributed by atoms with E-state index in [1.807, 2.05) is 23.1 Å². The largest absolute Gasteiger partial charge is 0.497 e. The number of thiazole rings is 1. The molecule has 0 unspecified atom stereocenters. The molecule has 34 heavy (non-hydrogen) atoms. The predicted molar refractivity (Wildman–Crippen MR) is 130 cm³/mol. The molecule has 1 saturated heterocycles. The number of hydrogen-bond donors (Lipinski definition) is 2. The van der Waals surface area contributed by atoms with Crippen molar-refractivity contribution in [1.29, 1.82) is 0 Å². The summed E-state index contributed by atoms with van der Waals surface area (Å²) in [4.78, 5) is 44.0. The van der Waals surface area contributed by atoms with Crippen molar-refractivity contribution >= 4 is 29.1 Å². The molecule has 2 aliphatic rings. The first-order chi connectivity index (χ1) is 16.5. The Morgan fingerprint density at radius 3 is 2.59 bits per heavy atom. The maximum Gasteiger partial charge on any atom is 0.289 e. The van der Waals surface area contributed by atoms with E-state index in [2.05, 4.69) is 15.8 Å². The Morgan fingerprint density at radius 1 is 1.09 bits per heavy atom. The molecular weight excluding hydrogens is 452 g/mol. The number of carbonyl (C=O) groups excluding carboxylic acids is 3. The van der Waals surface area contributed by atoms with E-state index in [9.17, 15) is 14.4 Å². The van der Waals surface area contributed by atoms with Crippen LogP contribution in [0.4, 0.5) is 0 Å². The molecule has 3 amide bonds. The molecule has 182 valence electrons. The fraction of sp³-hybridized carbons (Fsp3) is 0.520. The summed E-state index contributed by atoms with van der Waals surface area (Å²) >= 11 is 1.46. The molecule has 0 radical (unpaired) electrons. The molecule has 1 aliphatic heterocycles. The number of rotatable bonds is 6. The highest BCUT2D eigenvalue weighted by Crippen LogP contribution is 2.32. The van der Waals surface area contributed by atoms with Crippen molar-refractivity contribution in [2.75, 3.05) is 20.2 Å². The van der Waals surface area contributed by atoms with E-state index in [0.29, 0.717) is 17.4 Å². The summed E-state index contributed by atoms with van der Waals surface area (Å²) in [5.74, 6) is 0.693. The number of piperidine rings is 1. The molecule has 4 rings (SSSR count). The van der Waals surface area contributed by atoms with E-state index in [-0.39, 0.29) is 24.2 Å². The van der Waals surface area contributed by atoms with Gasteiger partial charge < -0.3 is 9.64 Å². The summed E-state index contributed by atoms with van der Waals surface area (Å²) < 4.78 is 5.16. The lowest BCUT2D eigenvalue weighted by Crippen LogP contribution is -2.42. The molecule has 1 saturated carbocycles. The van der Waals surface area contributed by atoms with E-state index >= 15 is 0 Å². The van der Waals surface area contributed by atoms with Crippen molar-refractivity contribution in [3.63, 3.8) is 0 Å². The number of aromatic nitrogens is 1. The molecule has 9 heteroatoms. The Bertz CT molecular complexity index is 1010. The van der Waals surface area contributed by atoms with Crippen molar-refractivity contribution in [3.8, 4) is 5.75 Å². The smallest absolute Gasteiger partial charge is 0.289 e. The third kappa shape index (κ3) is 6.14. The fourth-order valence-electron chi connectivity index (χ4n) is 4.74. The van der Waals surface area contributed by atoms with E-state index in [0.717, 1.165) is 62.2 Å². The SMILES string of the molecule is COc1cccc(CC(=O)NNC(=O)c2csc(C3CCN(C(=O)C4CCCCC4)CC3)n2)c1. The summed E-state index contributed by atoms with van der Waals surface area (Å²) in [6.45, 7) is 1.50. The summed E-state index contributed by atoms with van der Waals surface area (Å²) in [5, 5.41) is 2.64. The molecule has 2 fully saturated rings. The first kappa shape index (κ1) is 24.2. The second-order valence-corrected chi connectivity index (χ2v) is 9.93. The molecule has 1 aromatic heterocycles. The average Bonchev–Trinajstić information content (AvgIpc) is 3.38. The summed E-state index contributed by atoms with van der Waals surface area (Å²) in [6, 6.07) is 7.22. The van der Waals surface area contributed by atoms with Crippen molar-refractivity contribution in [2.45, 2.75) is 57.3 Å². The van der Waals surface area contributed by atoms with Crippen LogP contribution in [0.5, 0.6) is 5.75 Å². The second kappa shape index (κ2) is 11.5. The van der Waals surface area contributed by atoms with Gasteiger partial charge in [0.1, 0.15) is 11.4 Å². The molecule has 2 heterocycles. The molecular formula is C25H32N4O4S. The van der Waals surface area contributed by atoms with Crippen LogP contribution >= 0.6 is 11.3 Å². The van der Waals surface area contributed by atoms with Gasteiger partial charge >= 0.3 is 0 Å². The number of benzene rings is 1. The number of nitrogens with zero attached hydrogens (tertiary/aromatic N) is 2. The maximum atomic E-state index is 12.8. The van der Waals surface area contributed by atoms with Crippen LogP contribution in [0.25, 0.3) is 0 Å². The molecule has 0 bridgehead atoms. The second-order valence-electron chi connectivity index (χ2n) is 9.04. The van der Waals surface area contributed by atoms with E-state index in [1.54, 1.807) is 18.6 Å². The maximum absolute atomic E-state index is 12.8. The van der Waals surface area contributed by atoms with E-state index < -0.39 is 5.91 Å². The lowest BCUT2D eigenvalue weighted by Gasteiger charge is -2.34. The van der Waals surface area contributed by atoms with Gasteiger partial charge in [0.15, 0.2) is 0 Å². The van der Waals surface area contributed by atoms with Crippen molar-refractivity contribution in [2.24, 2.45) is 5.92 Å². The minimum atomic E-state index is -0.439. The van der Waals surface area contributed by atoms with Crippen LogP contribution in [0.2, 0.25) is 0 Å². The fourth-order valence-corrected chi connectivity index (χ4v) is 5.71. The molecule has 1 aromatic carbocycles. The molecule has 0 spiro atoms. The lowest BCUT2D eigenvalue weighted by atomic mass is 9.87. The van der Waals surface area contributed by atoms with Crippen molar-refractivity contribution < 1.29 is 19.1 Å². The molecule has 1 aliphatic carbocycles. The van der Waals surface area contributed by atoms with Gasteiger partial charge in [0.25, 0.3) is 5.91 Å². The molecule has 2 aromatic rings. The zero-order valence-corrected chi connectivity index (χ0v) is 20.4. The van der Waals surface area contributed by atoms with Gasteiger partial charge in [-0.15, -0.1) is 11.3 Å². The summed E-state index contributed by atoms with van der Waals surface area (Å²) in [7, 11) is 1.57. The Balaban J connectivity index is 1.23. The lowest BCUT2D eigenvalue weighted by molar-refractivity contribution is -0.137. The van der Waals surface area contributed by atoms with Crippen molar-refractivity contribution in [3.05, 3.63) is 45.9 Å². The number of hydrazine groups is 1. The van der Waals surface area contributed by atoms with Gasteiger partial charge in [0, 0.05) is 30.3 Å². The van der Waals surface area contributed by atoms with Crippen LogP contribution in [0.3, 0.4) is 0 Å². The molecule has 8 nitrogen and oxygen atoms in total. The summed E-state index contributed by atoms with van der Waals surface area (Å²) in [6.07, 6.45) is 7.49. The number of carbonyl (C=O) groups is 3. The van der Waals surface area contributed by atoms with Gasteiger partial charge in [-0.3, -0.25) is 25.2 Å². The van der Waals surface area contributed by atoms with Crippen LogP contribution < -0.4 is 15.6 Å². The minimum absolute atomic E-state index is 0.123. The number of nitrogens with one attached hydrogen (secondary N) is 2. The zero-order chi connectivity index (χ0) is 23.9. The van der Waals surface area contributed by atoms with Crippen LogP contribution in [0.15, 0.2) is 29.6 Å². The van der Waals surface area contributed by atoms with Crippen molar-refractivity contribution in [1.82, 2.24) is 20.7 Å². The third-order valence-electron chi connectivity index (χ3n) is 6.68. The van der Waals surface area contributed by atoms with E-state index in [1.165, 1.54) is 17.8 Å². The predicted octanol–water partition coefficient (Wildman–Crippen LogP) is 3.44. The quantitative estimate of drug-likeness (QED) is 0.612. The number of methoxy groups -OCH3 is 1. The van der Waals surface area contributed by atoms with Gasteiger partial charge in [-0.2, -0.15) is 0 Å². The number of ether oxygens (including phenoxy) is 1. The Kier molecular flexibility index (Phi) is 8.16. The average molecular weight is 485 g/mol. The standard InChI is InChI=1S/C25H32N4O4S/c1-33-20-9-5-6-17(14-20)15-22(30)27-28-23(31)21-16-34-24(26-21)18-10-12-29(13-11-18)25(32)19-7-3-2-4-8-19/h5-6,9,14,16,18-19H,2-4,7-8,10-13,15H2,1H3,(H,27,30)(H,28,31). The summed E-state index contributed by atoms with van der Waals surface area (Å²) in [5.41, 5.74) is 5.97. The first-order valence-corrected chi connectivity index (χ1v) is 12.9. The number of amides is 3. The van der Waals surface area contributed by atoms with Gasteiger partial charge in [-0.05, 0) is 43.4 Å². The Hall–Kier alpha value is -2.94. The number of hydrogen-bond acceptors (Lipinski definition) is 6. The highest BCUT2D eigenvalue weighted by atomic mass is 32.1. The minimum Gasteiger partial charge on any atom is -0.497 e. The topological polar surface area (TPSA) is 101 Å². The van der Waals surface area contributed by atoms with Gasteiger partial charge in [0.05, 0.1) is 18.5 Å².